The van der Waals surface area contributed by atoms with E-state index in [1.807, 2.05) is 12.1 Å². The summed E-state index contributed by atoms with van der Waals surface area (Å²) in [5.74, 6) is 0.349. The predicted octanol–water partition coefficient (Wildman–Crippen LogP) is 3.02. The van der Waals surface area contributed by atoms with Crippen molar-refractivity contribution in [3.8, 4) is 0 Å². The summed E-state index contributed by atoms with van der Waals surface area (Å²) in [6, 6.07) is 10.1. The van der Waals surface area contributed by atoms with Crippen LogP contribution >= 0.6 is 0 Å². The highest BCUT2D eigenvalue weighted by molar-refractivity contribution is 5.92. The molecule has 0 saturated heterocycles. The van der Waals surface area contributed by atoms with Gasteiger partial charge in [-0.25, -0.2) is 4.39 Å². The Morgan fingerprint density at radius 1 is 1.33 bits per heavy atom. The van der Waals surface area contributed by atoms with E-state index in [1.54, 1.807) is 18.4 Å². The van der Waals surface area contributed by atoms with Crippen LogP contribution in [0.5, 0.6) is 0 Å². The van der Waals surface area contributed by atoms with Crippen molar-refractivity contribution in [1.29, 1.82) is 0 Å². The summed E-state index contributed by atoms with van der Waals surface area (Å²) in [4.78, 5) is 14.2. The maximum atomic E-state index is 13.1. The molecule has 3 rings (SSSR count). The Morgan fingerprint density at radius 2 is 2.19 bits per heavy atom. The van der Waals surface area contributed by atoms with E-state index < -0.39 is 0 Å². The van der Waals surface area contributed by atoms with Gasteiger partial charge in [-0.1, -0.05) is 6.07 Å². The number of furan rings is 1. The third kappa shape index (κ3) is 3.92. The van der Waals surface area contributed by atoms with Gasteiger partial charge in [0, 0.05) is 11.7 Å². The zero-order chi connectivity index (χ0) is 14.7. The van der Waals surface area contributed by atoms with Gasteiger partial charge in [-0.3, -0.25) is 9.69 Å². The summed E-state index contributed by atoms with van der Waals surface area (Å²) in [6.07, 6.45) is 3.84. The lowest BCUT2D eigenvalue weighted by Crippen LogP contribution is -2.34. The van der Waals surface area contributed by atoms with E-state index in [0.717, 1.165) is 18.6 Å². The topological polar surface area (TPSA) is 45.5 Å². The molecule has 21 heavy (non-hydrogen) atoms. The molecule has 0 atom stereocenters. The van der Waals surface area contributed by atoms with E-state index in [4.69, 9.17) is 4.42 Å². The van der Waals surface area contributed by atoms with Crippen LogP contribution in [0, 0.1) is 5.82 Å². The van der Waals surface area contributed by atoms with Crippen LogP contribution in [0.2, 0.25) is 0 Å². The molecule has 0 bridgehead atoms. The number of hydrogen-bond donors (Lipinski definition) is 1. The van der Waals surface area contributed by atoms with Crippen molar-refractivity contribution in [2.45, 2.75) is 25.4 Å². The minimum Gasteiger partial charge on any atom is -0.468 e. The number of anilines is 1. The highest BCUT2D eigenvalue weighted by Gasteiger charge is 2.30. The highest BCUT2D eigenvalue weighted by atomic mass is 19.1. The second kappa shape index (κ2) is 6.10. The van der Waals surface area contributed by atoms with Crippen molar-refractivity contribution in [2.75, 3.05) is 11.9 Å². The van der Waals surface area contributed by atoms with Crippen LogP contribution in [-0.2, 0) is 11.3 Å². The van der Waals surface area contributed by atoms with Crippen LogP contribution in [0.15, 0.2) is 47.1 Å². The van der Waals surface area contributed by atoms with Crippen LogP contribution in [0.25, 0.3) is 0 Å². The van der Waals surface area contributed by atoms with Gasteiger partial charge in [0.25, 0.3) is 0 Å². The van der Waals surface area contributed by atoms with Gasteiger partial charge in [0.1, 0.15) is 11.6 Å². The molecule has 0 radical (unpaired) electrons. The zero-order valence-corrected chi connectivity index (χ0v) is 11.6. The fourth-order valence-electron chi connectivity index (χ4n) is 2.31. The average molecular weight is 288 g/mol. The molecule has 1 heterocycles. The monoisotopic (exact) mass is 288 g/mol. The van der Waals surface area contributed by atoms with Crippen molar-refractivity contribution in [2.24, 2.45) is 0 Å². The molecule has 1 aromatic carbocycles. The SMILES string of the molecule is O=C(CN(Cc1ccco1)C1CC1)Nc1cccc(F)c1. The first-order chi connectivity index (χ1) is 10.2. The molecular weight excluding hydrogens is 271 g/mol. The molecule has 1 aromatic heterocycles. The van der Waals surface area contributed by atoms with E-state index in [9.17, 15) is 9.18 Å². The summed E-state index contributed by atoms with van der Waals surface area (Å²) >= 11 is 0. The standard InChI is InChI=1S/C16H17FN2O2/c17-12-3-1-4-13(9-12)18-16(20)11-19(14-6-7-14)10-15-5-2-8-21-15/h1-5,8-9,14H,6-7,10-11H2,(H,18,20). The van der Waals surface area contributed by atoms with E-state index in [2.05, 4.69) is 10.2 Å². The van der Waals surface area contributed by atoms with Crippen molar-refractivity contribution >= 4 is 11.6 Å². The molecule has 0 unspecified atom stereocenters. The Hall–Kier alpha value is -2.14. The molecule has 5 heteroatoms. The molecule has 2 aromatic rings. The van der Waals surface area contributed by atoms with E-state index in [1.165, 1.54) is 12.1 Å². The Balaban J connectivity index is 1.59. The molecule has 1 aliphatic carbocycles. The van der Waals surface area contributed by atoms with Crippen molar-refractivity contribution in [3.63, 3.8) is 0 Å². The van der Waals surface area contributed by atoms with Crippen LogP contribution in [0.1, 0.15) is 18.6 Å². The van der Waals surface area contributed by atoms with E-state index in [-0.39, 0.29) is 18.3 Å². The lowest BCUT2D eigenvalue weighted by molar-refractivity contribution is -0.117. The largest absolute Gasteiger partial charge is 0.468 e. The molecule has 1 aliphatic rings. The van der Waals surface area contributed by atoms with Crippen molar-refractivity contribution < 1.29 is 13.6 Å². The number of hydrogen-bond acceptors (Lipinski definition) is 3. The number of nitrogens with zero attached hydrogens (tertiary/aromatic N) is 1. The quantitative estimate of drug-likeness (QED) is 0.888. The van der Waals surface area contributed by atoms with Gasteiger partial charge < -0.3 is 9.73 Å². The minimum absolute atomic E-state index is 0.140. The van der Waals surface area contributed by atoms with Crippen LogP contribution in [0.3, 0.4) is 0 Å². The first-order valence-corrected chi connectivity index (χ1v) is 7.02. The van der Waals surface area contributed by atoms with Crippen LogP contribution in [-0.4, -0.2) is 23.4 Å². The first-order valence-electron chi connectivity index (χ1n) is 7.02. The Kier molecular flexibility index (Phi) is 4.01. The Labute approximate surface area is 122 Å². The van der Waals surface area contributed by atoms with Gasteiger partial charge in [0.2, 0.25) is 5.91 Å². The molecule has 0 aliphatic heterocycles. The predicted molar refractivity (Wildman–Crippen MR) is 77.2 cm³/mol. The number of amides is 1. The number of rotatable bonds is 6. The lowest BCUT2D eigenvalue weighted by atomic mass is 10.3. The second-order valence-electron chi connectivity index (χ2n) is 5.27. The molecule has 110 valence electrons. The van der Waals surface area contributed by atoms with E-state index >= 15 is 0 Å². The third-order valence-electron chi connectivity index (χ3n) is 3.46. The summed E-state index contributed by atoms with van der Waals surface area (Å²) in [5, 5.41) is 2.72. The van der Waals surface area contributed by atoms with Crippen molar-refractivity contribution in [1.82, 2.24) is 4.90 Å². The lowest BCUT2D eigenvalue weighted by Gasteiger charge is -2.20. The summed E-state index contributed by atoms with van der Waals surface area (Å²) in [5.41, 5.74) is 0.480. The summed E-state index contributed by atoms with van der Waals surface area (Å²) < 4.78 is 18.4. The molecule has 4 nitrogen and oxygen atoms in total. The molecular formula is C16H17FN2O2. The van der Waals surface area contributed by atoms with Gasteiger partial charge in [0.15, 0.2) is 0 Å². The smallest absolute Gasteiger partial charge is 0.238 e. The maximum Gasteiger partial charge on any atom is 0.238 e. The molecule has 1 fully saturated rings. The zero-order valence-electron chi connectivity index (χ0n) is 11.6. The highest BCUT2D eigenvalue weighted by Crippen LogP contribution is 2.28. The fourth-order valence-corrected chi connectivity index (χ4v) is 2.31. The van der Waals surface area contributed by atoms with Gasteiger partial charge >= 0.3 is 0 Å². The van der Waals surface area contributed by atoms with Crippen molar-refractivity contribution in [3.05, 3.63) is 54.2 Å². The number of carbonyl (C=O) groups excluding carboxylic acids is 1. The molecule has 1 saturated carbocycles. The average Bonchev–Trinajstić information content (AvgIpc) is 3.17. The first kappa shape index (κ1) is 13.8. The van der Waals surface area contributed by atoms with Crippen LogP contribution < -0.4 is 5.32 Å². The van der Waals surface area contributed by atoms with Gasteiger partial charge in [0.05, 0.1) is 19.4 Å². The normalized spacial score (nSPS) is 14.4. The Bertz CT molecular complexity index is 608. The second-order valence-corrected chi connectivity index (χ2v) is 5.27. The molecule has 1 amide bonds. The van der Waals surface area contributed by atoms with Gasteiger partial charge in [-0.2, -0.15) is 0 Å². The number of nitrogens with one attached hydrogen (secondary N) is 1. The van der Waals surface area contributed by atoms with E-state index in [0.29, 0.717) is 18.3 Å². The summed E-state index contributed by atoms with van der Waals surface area (Å²) in [6.45, 7) is 0.899. The summed E-state index contributed by atoms with van der Waals surface area (Å²) in [7, 11) is 0. The number of benzene rings is 1. The van der Waals surface area contributed by atoms with Gasteiger partial charge in [-0.05, 0) is 43.2 Å². The van der Waals surface area contributed by atoms with Gasteiger partial charge in [-0.15, -0.1) is 0 Å². The molecule has 1 N–H and O–H groups in total. The minimum atomic E-state index is -0.359. The Morgan fingerprint density at radius 3 is 2.86 bits per heavy atom. The maximum absolute atomic E-state index is 13.1. The number of carbonyl (C=O) groups is 1. The molecule has 0 spiro atoms. The van der Waals surface area contributed by atoms with Crippen LogP contribution in [0.4, 0.5) is 10.1 Å². The fraction of sp³-hybridized carbons (Fsp3) is 0.312. The third-order valence-corrected chi connectivity index (χ3v) is 3.46. The number of halogens is 1.